The summed E-state index contributed by atoms with van der Waals surface area (Å²) in [5.74, 6) is -1.67. The van der Waals surface area contributed by atoms with Crippen LogP contribution in [0.15, 0.2) is 22.8 Å². The number of rotatable bonds is 6. The number of carbonyl (C=O) groups is 3. The van der Waals surface area contributed by atoms with Gasteiger partial charge in [-0.05, 0) is 63.2 Å². The van der Waals surface area contributed by atoms with Crippen LogP contribution in [0.4, 0.5) is 0 Å². The predicted molar refractivity (Wildman–Crippen MR) is 104 cm³/mol. The highest BCUT2D eigenvalue weighted by molar-refractivity contribution is 6.01. The van der Waals surface area contributed by atoms with Gasteiger partial charge in [-0.2, -0.15) is 0 Å². The molecule has 0 radical (unpaired) electrons. The average molecular weight is 406 g/mol. The number of hydrogen-bond acceptors (Lipinski definition) is 7. The molecule has 7 nitrogen and oxygen atoms in total. The van der Waals surface area contributed by atoms with Crippen molar-refractivity contribution in [3.8, 4) is 0 Å². The van der Waals surface area contributed by atoms with E-state index in [1.807, 2.05) is 6.08 Å². The maximum Gasteiger partial charge on any atom is 0.324 e. The van der Waals surface area contributed by atoms with E-state index in [1.165, 1.54) is 0 Å². The van der Waals surface area contributed by atoms with Crippen LogP contribution in [0.25, 0.3) is 0 Å². The van der Waals surface area contributed by atoms with Crippen molar-refractivity contribution in [1.82, 2.24) is 0 Å². The van der Waals surface area contributed by atoms with Crippen molar-refractivity contribution in [2.75, 3.05) is 33.0 Å². The molecule has 0 spiro atoms. The van der Waals surface area contributed by atoms with Gasteiger partial charge in [0.05, 0.1) is 39.0 Å². The van der Waals surface area contributed by atoms with Crippen LogP contribution >= 0.6 is 0 Å². The van der Waals surface area contributed by atoms with Gasteiger partial charge in [0.15, 0.2) is 5.41 Å². The van der Waals surface area contributed by atoms with E-state index in [1.54, 1.807) is 20.8 Å². The lowest BCUT2D eigenvalue weighted by Gasteiger charge is -2.34. The Bertz CT molecular complexity index is 715. The Kier molecular flexibility index (Phi) is 6.77. The first-order chi connectivity index (χ1) is 14.0. The summed E-state index contributed by atoms with van der Waals surface area (Å²) in [7, 11) is 0. The Morgan fingerprint density at radius 2 is 1.72 bits per heavy atom. The smallest absolute Gasteiger partial charge is 0.324 e. The van der Waals surface area contributed by atoms with E-state index in [9.17, 15) is 14.4 Å². The van der Waals surface area contributed by atoms with Crippen LogP contribution in [0, 0.1) is 17.3 Å². The molecule has 0 amide bonds. The van der Waals surface area contributed by atoms with Gasteiger partial charge in [-0.3, -0.25) is 14.4 Å². The van der Waals surface area contributed by atoms with E-state index < -0.39 is 17.4 Å². The van der Waals surface area contributed by atoms with Crippen molar-refractivity contribution in [2.45, 2.75) is 46.5 Å². The molecule has 0 saturated carbocycles. The normalized spacial score (nSPS) is 25.3. The van der Waals surface area contributed by atoms with Crippen LogP contribution in [0.2, 0.25) is 0 Å². The summed E-state index contributed by atoms with van der Waals surface area (Å²) in [6, 6.07) is 0. The summed E-state index contributed by atoms with van der Waals surface area (Å²) >= 11 is 0. The molecule has 1 fully saturated rings. The van der Waals surface area contributed by atoms with Gasteiger partial charge < -0.3 is 18.9 Å². The van der Waals surface area contributed by atoms with E-state index in [2.05, 4.69) is 0 Å². The Hall–Kier alpha value is -2.15. The SMILES string of the molecule is CCOC(=O)[C@@H]1CCC2=CCC(C(=O)OCC)(C(=O)OCC)CC2=C2COC[C@H]21. The molecular weight excluding hydrogens is 376 g/mol. The summed E-state index contributed by atoms with van der Waals surface area (Å²) in [6.45, 7) is 6.81. The highest BCUT2D eigenvalue weighted by Crippen LogP contribution is 2.49. The van der Waals surface area contributed by atoms with Gasteiger partial charge in [-0.25, -0.2) is 0 Å². The van der Waals surface area contributed by atoms with Crippen LogP contribution < -0.4 is 0 Å². The van der Waals surface area contributed by atoms with Crippen molar-refractivity contribution in [2.24, 2.45) is 17.3 Å². The first-order valence-electron chi connectivity index (χ1n) is 10.5. The molecule has 1 heterocycles. The lowest BCUT2D eigenvalue weighted by molar-refractivity contribution is -0.172. The molecule has 7 heteroatoms. The maximum absolute atomic E-state index is 12.9. The fourth-order valence-corrected chi connectivity index (χ4v) is 4.63. The molecule has 0 bridgehead atoms. The molecular formula is C22H30O7. The molecule has 0 aromatic heterocycles. The fraction of sp³-hybridized carbons (Fsp3) is 0.682. The molecule has 0 unspecified atom stereocenters. The Labute approximate surface area is 171 Å². The van der Waals surface area contributed by atoms with Gasteiger partial charge in [0.25, 0.3) is 0 Å². The van der Waals surface area contributed by atoms with Crippen molar-refractivity contribution in [1.29, 1.82) is 0 Å². The predicted octanol–water partition coefficient (Wildman–Crippen LogP) is 2.74. The summed E-state index contributed by atoms with van der Waals surface area (Å²) in [6.07, 6.45) is 3.79. The topological polar surface area (TPSA) is 88.1 Å². The number of carbonyl (C=O) groups excluding carboxylic acids is 3. The number of allylic oxidation sites excluding steroid dienone is 3. The average Bonchev–Trinajstić information content (AvgIpc) is 3.12. The Balaban J connectivity index is 2.01. The Morgan fingerprint density at radius 1 is 1.07 bits per heavy atom. The van der Waals surface area contributed by atoms with Crippen LogP contribution in [-0.4, -0.2) is 50.9 Å². The van der Waals surface area contributed by atoms with E-state index in [0.717, 1.165) is 16.7 Å². The second kappa shape index (κ2) is 9.11. The first-order valence-corrected chi connectivity index (χ1v) is 10.5. The van der Waals surface area contributed by atoms with E-state index >= 15 is 0 Å². The van der Waals surface area contributed by atoms with Gasteiger partial charge >= 0.3 is 17.9 Å². The lowest BCUT2D eigenvalue weighted by Crippen LogP contribution is -2.44. The molecule has 2 aliphatic carbocycles. The lowest BCUT2D eigenvalue weighted by atomic mass is 9.70. The minimum atomic E-state index is -1.38. The third kappa shape index (κ3) is 3.97. The number of fused-ring (bicyclic) bond motifs is 2. The summed E-state index contributed by atoms with van der Waals surface area (Å²) in [5, 5.41) is 0. The van der Waals surface area contributed by atoms with Crippen molar-refractivity contribution in [3.05, 3.63) is 22.8 Å². The number of ether oxygens (including phenoxy) is 4. The van der Waals surface area contributed by atoms with Gasteiger partial charge in [-0.1, -0.05) is 6.08 Å². The number of hydrogen-bond donors (Lipinski definition) is 0. The molecule has 3 aliphatic rings. The molecule has 1 aliphatic heterocycles. The highest BCUT2D eigenvalue weighted by Gasteiger charge is 2.52. The maximum atomic E-state index is 12.9. The van der Waals surface area contributed by atoms with Gasteiger partial charge in [-0.15, -0.1) is 0 Å². The molecule has 1 saturated heterocycles. The highest BCUT2D eigenvalue weighted by atomic mass is 16.6. The Morgan fingerprint density at radius 3 is 2.34 bits per heavy atom. The monoisotopic (exact) mass is 406 g/mol. The molecule has 2 atom stereocenters. The molecule has 160 valence electrons. The minimum Gasteiger partial charge on any atom is -0.466 e. The zero-order valence-electron chi connectivity index (χ0n) is 17.5. The summed E-state index contributed by atoms with van der Waals surface area (Å²) < 4.78 is 21.5. The van der Waals surface area contributed by atoms with E-state index in [0.29, 0.717) is 32.7 Å². The molecule has 0 aromatic rings. The van der Waals surface area contributed by atoms with Crippen LogP contribution in [0.1, 0.15) is 46.5 Å². The van der Waals surface area contributed by atoms with E-state index in [-0.39, 0.29) is 43.9 Å². The minimum absolute atomic E-state index is 0.0878. The molecule has 0 N–H and O–H groups in total. The molecule has 29 heavy (non-hydrogen) atoms. The summed E-state index contributed by atoms with van der Waals surface area (Å²) in [4.78, 5) is 38.3. The fourth-order valence-electron chi connectivity index (χ4n) is 4.63. The van der Waals surface area contributed by atoms with Crippen LogP contribution in [0.5, 0.6) is 0 Å². The first kappa shape index (κ1) is 21.6. The van der Waals surface area contributed by atoms with Crippen molar-refractivity contribution < 1.29 is 33.3 Å². The number of esters is 3. The quantitative estimate of drug-likeness (QED) is 0.381. The zero-order chi connectivity index (χ0) is 21.0. The summed E-state index contributed by atoms with van der Waals surface area (Å²) in [5.41, 5.74) is 1.66. The largest absolute Gasteiger partial charge is 0.466 e. The third-order valence-corrected chi connectivity index (χ3v) is 6.09. The molecule has 3 rings (SSSR count). The van der Waals surface area contributed by atoms with Crippen molar-refractivity contribution >= 4 is 17.9 Å². The third-order valence-electron chi connectivity index (χ3n) is 6.09. The zero-order valence-corrected chi connectivity index (χ0v) is 17.5. The van der Waals surface area contributed by atoms with Crippen molar-refractivity contribution in [3.63, 3.8) is 0 Å². The van der Waals surface area contributed by atoms with Gasteiger partial charge in [0.1, 0.15) is 0 Å². The van der Waals surface area contributed by atoms with Crippen LogP contribution in [0.3, 0.4) is 0 Å². The van der Waals surface area contributed by atoms with Crippen LogP contribution in [-0.2, 0) is 33.3 Å². The standard InChI is InChI=1S/C22H30O7/c1-4-27-19(23)15-8-7-14-9-10-22(20(24)28-5-2,21(25)29-6-3)11-16(14)18-13-26-12-17(15)18/h9,15,17H,4-8,10-13H2,1-3H3/t15-,17+/m1/s1. The van der Waals surface area contributed by atoms with Gasteiger partial charge in [0.2, 0.25) is 0 Å². The van der Waals surface area contributed by atoms with E-state index in [4.69, 9.17) is 18.9 Å². The second-order valence-corrected chi connectivity index (χ2v) is 7.66. The van der Waals surface area contributed by atoms with Gasteiger partial charge in [0, 0.05) is 5.92 Å². The second-order valence-electron chi connectivity index (χ2n) is 7.66. The molecule has 0 aromatic carbocycles.